The van der Waals surface area contributed by atoms with Crippen LogP contribution < -0.4 is 5.32 Å². The van der Waals surface area contributed by atoms with E-state index in [4.69, 9.17) is 23.2 Å². The zero-order valence-corrected chi connectivity index (χ0v) is 19.6. The SMILES string of the molecule is CC[C@@H](C(=O)NCC(C)C)N(Cc1ccc(C)cc1)C(=O)Cc1ccc(Cl)cc1Cl. The smallest absolute Gasteiger partial charge is 0.242 e. The van der Waals surface area contributed by atoms with Crippen LogP contribution in [0.2, 0.25) is 10.0 Å². The van der Waals surface area contributed by atoms with Crippen molar-refractivity contribution in [2.24, 2.45) is 5.92 Å². The van der Waals surface area contributed by atoms with E-state index in [1.54, 1.807) is 23.1 Å². The molecule has 0 unspecified atom stereocenters. The number of nitrogens with zero attached hydrogens (tertiary/aromatic N) is 1. The summed E-state index contributed by atoms with van der Waals surface area (Å²) in [4.78, 5) is 27.9. The van der Waals surface area contributed by atoms with Gasteiger partial charge >= 0.3 is 0 Å². The molecule has 162 valence electrons. The number of hydrogen-bond acceptors (Lipinski definition) is 2. The predicted molar refractivity (Wildman–Crippen MR) is 124 cm³/mol. The van der Waals surface area contributed by atoms with Crippen LogP contribution in [0.5, 0.6) is 0 Å². The van der Waals surface area contributed by atoms with E-state index >= 15 is 0 Å². The Bertz CT molecular complexity index is 866. The molecule has 2 aromatic rings. The molecule has 0 fully saturated rings. The summed E-state index contributed by atoms with van der Waals surface area (Å²) in [5.74, 6) is 0.0563. The fraction of sp³-hybridized carbons (Fsp3) is 0.417. The molecule has 0 saturated carbocycles. The van der Waals surface area contributed by atoms with Gasteiger partial charge in [0.2, 0.25) is 11.8 Å². The average Bonchev–Trinajstić information content (AvgIpc) is 2.69. The minimum Gasteiger partial charge on any atom is -0.354 e. The molecule has 0 heterocycles. The normalized spacial score (nSPS) is 12.0. The van der Waals surface area contributed by atoms with Crippen molar-refractivity contribution in [1.29, 1.82) is 0 Å². The molecule has 0 bridgehead atoms. The number of nitrogens with one attached hydrogen (secondary N) is 1. The topological polar surface area (TPSA) is 49.4 Å². The molecule has 2 aromatic carbocycles. The Morgan fingerprint density at radius 3 is 2.30 bits per heavy atom. The second kappa shape index (κ2) is 11.4. The summed E-state index contributed by atoms with van der Waals surface area (Å²) in [7, 11) is 0. The van der Waals surface area contributed by atoms with Crippen molar-refractivity contribution in [2.75, 3.05) is 6.54 Å². The van der Waals surface area contributed by atoms with Crippen LogP contribution >= 0.6 is 23.2 Å². The number of benzene rings is 2. The average molecular weight is 449 g/mol. The van der Waals surface area contributed by atoms with Gasteiger partial charge in [0, 0.05) is 23.1 Å². The largest absolute Gasteiger partial charge is 0.354 e. The maximum Gasteiger partial charge on any atom is 0.242 e. The molecule has 0 aliphatic carbocycles. The quantitative estimate of drug-likeness (QED) is 0.556. The van der Waals surface area contributed by atoms with Gasteiger partial charge < -0.3 is 10.2 Å². The van der Waals surface area contributed by atoms with E-state index in [1.165, 1.54) is 0 Å². The Morgan fingerprint density at radius 1 is 1.07 bits per heavy atom. The second-order valence-electron chi connectivity index (χ2n) is 7.98. The first-order valence-corrected chi connectivity index (χ1v) is 11.0. The van der Waals surface area contributed by atoms with E-state index < -0.39 is 6.04 Å². The summed E-state index contributed by atoms with van der Waals surface area (Å²) >= 11 is 12.3. The van der Waals surface area contributed by atoms with Crippen molar-refractivity contribution in [3.8, 4) is 0 Å². The molecule has 0 aliphatic rings. The molecule has 1 atom stereocenters. The van der Waals surface area contributed by atoms with E-state index in [-0.39, 0.29) is 18.2 Å². The molecule has 0 aromatic heterocycles. The molecule has 0 radical (unpaired) electrons. The number of halogens is 2. The third kappa shape index (κ3) is 7.03. The second-order valence-corrected chi connectivity index (χ2v) is 8.83. The lowest BCUT2D eigenvalue weighted by atomic mass is 10.1. The van der Waals surface area contributed by atoms with Gasteiger partial charge in [0.25, 0.3) is 0 Å². The van der Waals surface area contributed by atoms with Gasteiger partial charge in [-0.15, -0.1) is 0 Å². The highest BCUT2D eigenvalue weighted by Crippen LogP contribution is 2.23. The fourth-order valence-electron chi connectivity index (χ4n) is 3.16. The summed E-state index contributed by atoms with van der Waals surface area (Å²) in [5.41, 5.74) is 2.81. The Morgan fingerprint density at radius 2 is 1.73 bits per heavy atom. The molecule has 0 aliphatic heterocycles. The van der Waals surface area contributed by atoms with Crippen LogP contribution in [0.25, 0.3) is 0 Å². The van der Waals surface area contributed by atoms with Crippen molar-refractivity contribution >= 4 is 35.0 Å². The first-order chi connectivity index (χ1) is 14.2. The first-order valence-electron chi connectivity index (χ1n) is 10.3. The minimum atomic E-state index is -0.552. The molecule has 30 heavy (non-hydrogen) atoms. The highest BCUT2D eigenvalue weighted by molar-refractivity contribution is 6.35. The zero-order valence-electron chi connectivity index (χ0n) is 18.0. The Balaban J connectivity index is 2.29. The fourth-order valence-corrected chi connectivity index (χ4v) is 3.64. The zero-order chi connectivity index (χ0) is 22.3. The van der Waals surface area contributed by atoms with E-state index in [0.717, 1.165) is 11.1 Å². The molecule has 0 saturated heterocycles. The van der Waals surface area contributed by atoms with Gasteiger partial charge in [0.1, 0.15) is 6.04 Å². The van der Waals surface area contributed by atoms with Crippen LogP contribution in [0.4, 0.5) is 0 Å². The third-order valence-corrected chi connectivity index (χ3v) is 5.49. The number of carbonyl (C=O) groups excluding carboxylic acids is 2. The number of rotatable bonds is 9. The Kier molecular flexibility index (Phi) is 9.19. The highest BCUT2D eigenvalue weighted by atomic mass is 35.5. The van der Waals surface area contributed by atoms with Gasteiger partial charge in [0.15, 0.2) is 0 Å². The van der Waals surface area contributed by atoms with E-state index in [9.17, 15) is 9.59 Å². The van der Waals surface area contributed by atoms with Crippen molar-refractivity contribution in [3.05, 3.63) is 69.2 Å². The van der Waals surface area contributed by atoms with Crippen molar-refractivity contribution in [1.82, 2.24) is 10.2 Å². The molecule has 2 amide bonds. The summed E-state index contributed by atoms with van der Waals surface area (Å²) in [5, 5.41) is 3.94. The summed E-state index contributed by atoms with van der Waals surface area (Å²) in [6.07, 6.45) is 0.631. The van der Waals surface area contributed by atoms with E-state index in [2.05, 4.69) is 5.32 Å². The minimum absolute atomic E-state index is 0.107. The van der Waals surface area contributed by atoms with Crippen molar-refractivity contribution in [2.45, 2.75) is 53.1 Å². The van der Waals surface area contributed by atoms with E-state index in [1.807, 2.05) is 52.0 Å². The van der Waals surface area contributed by atoms with Crippen LogP contribution in [0.3, 0.4) is 0 Å². The standard InChI is InChI=1S/C24H30Cl2N2O2/c1-5-22(24(30)27-14-16(2)3)28(15-18-8-6-17(4)7-9-18)23(29)12-19-10-11-20(25)13-21(19)26/h6-11,13,16,22H,5,12,14-15H2,1-4H3,(H,27,30)/t22-/m0/s1. The molecule has 1 N–H and O–H groups in total. The van der Waals surface area contributed by atoms with Gasteiger partial charge in [-0.2, -0.15) is 0 Å². The number of amides is 2. The molecule has 6 heteroatoms. The number of aryl methyl sites for hydroxylation is 1. The first kappa shape index (κ1) is 24.2. The predicted octanol–water partition coefficient (Wildman–Crippen LogP) is 5.42. The molecular formula is C24H30Cl2N2O2. The van der Waals surface area contributed by atoms with Crippen LogP contribution in [0.15, 0.2) is 42.5 Å². The summed E-state index contributed by atoms with van der Waals surface area (Å²) in [6, 6.07) is 12.5. The van der Waals surface area contributed by atoms with Crippen LogP contribution in [0, 0.1) is 12.8 Å². The van der Waals surface area contributed by atoms with Gasteiger partial charge in [-0.05, 0) is 42.5 Å². The lowest BCUT2D eigenvalue weighted by Gasteiger charge is -2.31. The van der Waals surface area contributed by atoms with Crippen molar-refractivity contribution in [3.63, 3.8) is 0 Å². The lowest BCUT2D eigenvalue weighted by molar-refractivity contribution is -0.141. The Labute approximate surface area is 189 Å². The van der Waals surface area contributed by atoms with Crippen molar-refractivity contribution < 1.29 is 9.59 Å². The third-order valence-electron chi connectivity index (χ3n) is 4.90. The molecule has 4 nitrogen and oxygen atoms in total. The van der Waals surface area contributed by atoms with Crippen LogP contribution in [-0.4, -0.2) is 29.3 Å². The Hall–Kier alpha value is -2.04. The van der Waals surface area contributed by atoms with Crippen LogP contribution in [-0.2, 0) is 22.6 Å². The number of hydrogen-bond donors (Lipinski definition) is 1. The highest BCUT2D eigenvalue weighted by Gasteiger charge is 2.29. The maximum absolute atomic E-state index is 13.3. The molecule has 2 rings (SSSR count). The monoisotopic (exact) mass is 448 g/mol. The molecular weight excluding hydrogens is 419 g/mol. The van der Waals surface area contributed by atoms with Crippen LogP contribution in [0.1, 0.15) is 43.9 Å². The molecule has 0 spiro atoms. The van der Waals surface area contributed by atoms with E-state index in [0.29, 0.717) is 41.0 Å². The van der Waals surface area contributed by atoms with Gasteiger partial charge in [-0.3, -0.25) is 9.59 Å². The maximum atomic E-state index is 13.3. The lowest BCUT2D eigenvalue weighted by Crippen LogP contribution is -2.50. The number of carbonyl (C=O) groups is 2. The van der Waals surface area contributed by atoms with Gasteiger partial charge in [0.05, 0.1) is 6.42 Å². The summed E-state index contributed by atoms with van der Waals surface area (Å²) < 4.78 is 0. The summed E-state index contributed by atoms with van der Waals surface area (Å²) in [6.45, 7) is 8.95. The van der Waals surface area contributed by atoms with Gasteiger partial charge in [-0.1, -0.05) is 79.9 Å². The van der Waals surface area contributed by atoms with Gasteiger partial charge in [-0.25, -0.2) is 0 Å².